The number of benzene rings is 6. The van der Waals surface area contributed by atoms with Crippen LogP contribution in [0.1, 0.15) is 11.1 Å². The Morgan fingerprint density at radius 1 is 0.403 bits per heavy atom. The third-order valence-electron chi connectivity index (χ3n) is 11.0. The van der Waals surface area contributed by atoms with E-state index < -0.39 is 11.6 Å². The molecule has 11 aromatic rings. The van der Waals surface area contributed by atoms with Gasteiger partial charge in [0.1, 0.15) is 46.3 Å². The molecule has 0 saturated heterocycles. The second-order valence-electron chi connectivity index (χ2n) is 15.3. The molecule has 0 bridgehead atoms. The van der Waals surface area contributed by atoms with E-state index in [1.165, 1.54) is 36.7 Å². The zero-order valence-corrected chi connectivity index (χ0v) is 33.4. The molecule has 0 fully saturated rings. The summed E-state index contributed by atoms with van der Waals surface area (Å²) in [6.07, 6.45) is 6.66. The van der Waals surface area contributed by atoms with Crippen LogP contribution in [-0.4, -0.2) is 29.1 Å². The Kier molecular flexibility index (Phi) is 8.78. The van der Waals surface area contributed by atoms with Crippen molar-refractivity contribution in [3.63, 3.8) is 0 Å². The van der Waals surface area contributed by atoms with E-state index in [2.05, 4.69) is 53.3 Å². The fourth-order valence-electron chi connectivity index (χ4n) is 8.24. The zero-order chi connectivity index (χ0) is 41.9. The first-order valence-electron chi connectivity index (χ1n) is 20.0. The quantitative estimate of drug-likeness (QED) is 0.152. The highest BCUT2D eigenvalue weighted by atomic mass is 19.1. The fraction of sp³-hybridized carbons (Fsp3) is 0.0385. The highest BCUT2D eigenvalue weighted by Crippen LogP contribution is 2.38. The van der Waals surface area contributed by atoms with Crippen molar-refractivity contribution in [2.45, 2.75) is 13.8 Å². The summed E-state index contributed by atoms with van der Waals surface area (Å²) in [5, 5.41) is 4.26. The van der Waals surface area contributed by atoms with Gasteiger partial charge in [-0.25, -0.2) is 18.7 Å². The number of aryl methyl sites for hydroxylation is 2. The van der Waals surface area contributed by atoms with Crippen molar-refractivity contribution in [1.29, 1.82) is 0 Å². The molecule has 0 spiro atoms. The molecule has 298 valence electrons. The smallest absolute Gasteiger partial charge is 0.137 e. The molecule has 0 N–H and O–H groups in total. The third kappa shape index (κ3) is 6.64. The van der Waals surface area contributed by atoms with Crippen LogP contribution >= 0.6 is 0 Å². The summed E-state index contributed by atoms with van der Waals surface area (Å²) in [5.41, 5.74) is 7.80. The molecule has 5 heterocycles. The molecule has 5 aromatic heterocycles. The summed E-state index contributed by atoms with van der Waals surface area (Å²) in [7, 11) is 0. The average Bonchev–Trinajstić information content (AvgIpc) is 3.78. The maximum absolute atomic E-state index is 15.2. The summed E-state index contributed by atoms with van der Waals surface area (Å²) < 4.78 is 47.2. The number of pyridine rings is 2. The highest BCUT2D eigenvalue weighted by molar-refractivity contribution is 6.10. The van der Waals surface area contributed by atoms with Gasteiger partial charge in [-0.3, -0.25) is 19.1 Å². The molecule has 10 heteroatoms. The summed E-state index contributed by atoms with van der Waals surface area (Å²) in [6.45, 7) is 4.07. The number of rotatable bonds is 8. The predicted molar refractivity (Wildman–Crippen MR) is 240 cm³/mol. The van der Waals surface area contributed by atoms with Crippen LogP contribution in [0.4, 0.5) is 8.78 Å². The molecular weight excluding hydrogens is 779 g/mol. The molecule has 62 heavy (non-hydrogen) atoms. The van der Waals surface area contributed by atoms with Crippen LogP contribution in [0.5, 0.6) is 23.0 Å². The van der Waals surface area contributed by atoms with Crippen LogP contribution in [0, 0.1) is 25.5 Å². The Balaban J connectivity index is 0.875. The lowest BCUT2D eigenvalue weighted by molar-refractivity contribution is 0.477. The van der Waals surface area contributed by atoms with Crippen molar-refractivity contribution in [3.05, 3.63) is 193 Å². The minimum atomic E-state index is -0.497. The molecule has 8 nitrogen and oxygen atoms in total. The number of fused-ring (bicyclic) bond motifs is 6. The van der Waals surface area contributed by atoms with Crippen LogP contribution in [0.3, 0.4) is 0 Å². The van der Waals surface area contributed by atoms with E-state index in [1.807, 2.05) is 98.8 Å². The molecule has 0 amide bonds. The zero-order valence-electron chi connectivity index (χ0n) is 33.4. The first-order chi connectivity index (χ1) is 30.3. The normalized spacial score (nSPS) is 11.5. The van der Waals surface area contributed by atoms with Crippen molar-refractivity contribution in [2.75, 3.05) is 0 Å². The minimum Gasteiger partial charge on any atom is -0.457 e. The van der Waals surface area contributed by atoms with E-state index in [0.29, 0.717) is 45.5 Å². The highest BCUT2D eigenvalue weighted by Gasteiger charge is 2.17. The van der Waals surface area contributed by atoms with Gasteiger partial charge in [0.25, 0.3) is 0 Å². The first-order valence-corrected chi connectivity index (χ1v) is 20.0. The van der Waals surface area contributed by atoms with E-state index in [9.17, 15) is 0 Å². The second-order valence-corrected chi connectivity index (χ2v) is 15.3. The standard InChI is InChI=1S/C52H34F2N6O2/c1-31-15-17-55-51(19-31)59-47-9-5-3-7-41(47)43-13-11-37(27-49(43)59)61-39-23-33(21-35(53)25-39)45-29-58-46(30-57-45)34-22-36(54)26-40(24-34)62-38-12-14-44-42-8-4-6-10-48(42)60(50(44)28-38)52-20-32(2)16-18-56-52/h3-30H,1-2H3. The number of nitrogens with zero attached hydrogens (tertiary/aromatic N) is 6. The van der Waals surface area contributed by atoms with Gasteiger partial charge in [0, 0.05) is 69.3 Å². The molecule has 0 aliphatic rings. The van der Waals surface area contributed by atoms with E-state index >= 15 is 8.78 Å². The molecule has 0 unspecified atom stereocenters. The van der Waals surface area contributed by atoms with E-state index in [-0.39, 0.29) is 0 Å². The molecule has 0 saturated carbocycles. The van der Waals surface area contributed by atoms with Gasteiger partial charge in [0.05, 0.1) is 45.8 Å². The summed E-state index contributed by atoms with van der Waals surface area (Å²) in [5.74, 6) is 2.24. The van der Waals surface area contributed by atoms with Gasteiger partial charge in [-0.1, -0.05) is 36.4 Å². The minimum absolute atomic E-state index is 0.294. The summed E-state index contributed by atoms with van der Waals surface area (Å²) in [4.78, 5) is 18.5. The molecule has 0 aliphatic heterocycles. The first kappa shape index (κ1) is 36.8. The van der Waals surface area contributed by atoms with Crippen LogP contribution in [0.2, 0.25) is 0 Å². The number of hydrogen-bond donors (Lipinski definition) is 0. The molecule has 11 rings (SSSR count). The van der Waals surface area contributed by atoms with Crippen molar-refractivity contribution in [3.8, 4) is 57.1 Å². The Hall–Kier alpha value is -8.24. The number of aromatic nitrogens is 6. The van der Waals surface area contributed by atoms with Crippen LogP contribution in [0.25, 0.3) is 77.8 Å². The van der Waals surface area contributed by atoms with Gasteiger partial charge < -0.3 is 9.47 Å². The molecule has 0 aliphatic carbocycles. The maximum atomic E-state index is 15.2. The predicted octanol–water partition coefficient (Wildman–Crippen LogP) is 13.3. The topological polar surface area (TPSA) is 79.9 Å². The second kappa shape index (κ2) is 14.8. The van der Waals surface area contributed by atoms with E-state index in [1.54, 1.807) is 24.5 Å². The monoisotopic (exact) mass is 812 g/mol. The number of para-hydroxylation sites is 2. The van der Waals surface area contributed by atoms with Crippen LogP contribution in [0.15, 0.2) is 170 Å². The maximum Gasteiger partial charge on any atom is 0.137 e. The lowest BCUT2D eigenvalue weighted by Gasteiger charge is -2.11. The summed E-state index contributed by atoms with van der Waals surface area (Å²) in [6, 6.07) is 44.9. The largest absolute Gasteiger partial charge is 0.457 e. The van der Waals surface area contributed by atoms with E-state index in [0.717, 1.165) is 66.4 Å². The fourth-order valence-corrected chi connectivity index (χ4v) is 8.24. The van der Waals surface area contributed by atoms with Gasteiger partial charge >= 0.3 is 0 Å². The van der Waals surface area contributed by atoms with Gasteiger partial charge in [-0.05, 0) is 110 Å². The average molecular weight is 813 g/mol. The SMILES string of the molecule is Cc1ccnc(-n2c3ccccc3c3ccc(Oc4cc(F)cc(-c5cnc(-c6cc(F)cc(Oc7ccc8c9ccccc9n(-c9cc(C)ccn9)c8c7)c6)cn5)c4)cc32)c1. The number of halogens is 2. The van der Waals surface area contributed by atoms with Crippen LogP contribution < -0.4 is 9.47 Å². The van der Waals surface area contributed by atoms with Crippen molar-refractivity contribution in [2.24, 2.45) is 0 Å². The van der Waals surface area contributed by atoms with Crippen molar-refractivity contribution >= 4 is 43.6 Å². The number of hydrogen-bond acceptors (Lipinski definition) is 6. The summed E-state index contributed by atoms with van der Waals surface area (Å²) >= 11 is 0. The van der Waals surface area contributed by atoms with Crippen molar-refractivity contribution in [1.82, 2.24) is 29.1 Å². The lowest BCUT2D eigenvalue weighted by Crippen LogP contribution is -1.97. The Morgan fingerprint density at radius 3 is 1.27 bits per heavy atom. The Labute approximate surface area is 354 Å². The van der Waals surface area contributed by atoms with Crippen molar-refractivity contribution < 1.29 is 18.3 Å². The van der Waals surface area contributed by atoms with Gasteiger partial charge in [-0.15, -0.1) is 0 Å². The van der Waals surface area contributed by atoms with Gasteiger partial charge in [0.2, 0.25) is 0 Å². The van der Waals surface area contributed by atoms with Gasteiger partial charge in [0.15, 0.2) is 0 Å². The molecule has 0 radical (unpaired) electrons. The lowest BCUT2D eigenvalue weighted by atomic mass is 10.1. The molecule has 6 aromatic carbocycles. The molecule has 0 atom stereocenters. The van der Waals surface area contributed by atoms with Gasteiger partial charge in [-0.2, -0.15) is 0 Å². The Bertz CT molecular complexity index is 3310. The third-order valence-corrected chi connectivity index (χ3v) is 11.0. The van der Waals surface area contributed by atoms with E-state index in [4.69, 9.17) is 9.47 Å². The number of ether oxygens (including phenoxy) is 2. The van der Waals surface area contributed by atoms with Crippen LogP contribution in [-0.2, 0) is 0 Å². The molecular formula is C52H34F2N6O2. The Morgan fingerprint density at radius 2 is 0.839 bits per heavy atom.